The lowest BCUT2D eigenvalue weighted by Crippen LogP contribution is -2.41. The summed E-state index contributed by atoms with van der Waals surface area (Å²) < 4.78 is 24.6. The molecule has 0 radical (unpaired) electrons. The fraction of sp³-hybridized carbons (Fsp3) is 0.462. The summed E-state index contributed by atoms with van der Waals surface area (Å²) in [4.78, 5) is 13.2. The molecule has 1 saturated heterocycles. The Labute approximate surface area is 105 Å². The fourth-order valence-electron chi connectivity index (χ4n) is 2.48. The van der Waals surface area contributed by atoms with Gasteiger partial charge in [0.1, 0.15) is 0 Å². The smallest absolute Gasteiger partial charge is 0.315 e. The van der Waals surface area contributed by atoms with Crippen LogP contribution in [-0.4, -0.2) is 36.9 Å². The number of nitrogens with zero attached hydrogens (tertiary/aromatic N) is 1. The third-order valence-corrected chi connectivity index (χ3v) is 3.32. The molecule has 3 nitrogen and oxygen atoms in total. The van der Waals surface area contributed by atoms with E-state index < -0.39 is 12.3 Å². The van der Waals surface area contributed by atoms with E-state index in [0.717, 1.165) is 12.1 Å². The lowest BCUT2D eigenvalue weighted by Gasteiger charge is -2.26. The molecule has 2 atom stereocenters. The van der Waals surface area contributed by atoms with Crippen molar-refractivity contribution in [2.75, 3.05) is 13.6 Å². The second kappa shape index (κ2) is 5.44. The van der Waals surface area contributed by atoms with Crippen LogP contribution in [0.25, 0.3) is 0 Å². The summed E-state index contributed by atoms with van der Waals surface area (Å²) in [7, 11) is 1.94. The van der Waals surface area contributed by atoms with Crippen molar-refractivity contribution in [3.8, 4) is 0 Å². The molecule has 1 aliphatic rings. The minimum Gasteiger partial charge on any atom is -0.346 e. The number of halogens is 2. The average molecular weight is 254 g/mol. The molecule has 1 aromatic rings. The first kappa shape index (κ1) is 13.0. The summed E-state index contributed by atoms with van der Waals surface area (Å²) in [5, 5.41) is 2.43. The van der Waals surface area contributed by atoms with Crippen molar-refractivity contribution in [2.24, 2.45) is 0 Å². The van der Waals surface area contributed by atoms with Gasteiger partial charge in [0.05, 0.1) is 6.04 Å². The predicted octanol–water partition coefficient (Wildman–Crippen LogP) is 1.81. The number of hydrogen-bond acceptors (Lipinski definition) is 2. The van der Waals surface area contributed by atoms with E-state index in [1.807, 2.05) is 37.4 Å². The highest BCUT2D eigenvalue weighted by Crippen LogP contribution is 2.30. The zero-order valence-corrected chi connectivity index (χ0v) is 10.1. The third kappa shape index (κ3) is 2.67. The van der Waals surface area contributed by atoms with E-state index in [2.05, 4.69) is 10.2 Å². The molecule has 0 aliphatic carbocycles. The van der Waals surface area contributed by atoms with E-state index in [9.17, 15) is 13.6 Å². The Hall–Kier alpha value is -1.49. The van der Waals surface area contributed by atoms with Gasteiger partial charge in [0.25, 0.3) is 5.91 Å². The van der Waals surface area contributed by atoms with E-state index in [1.54, 1.807) is 0 Å². The van der Waals surface area contributed by atoms with Gasteiger partial charge in [-0.25, -0.2) is 0 Å². The van der Waals surface area contributed by atoms with Crippen molar-refractivity contribution in [1.82, 2.24) is 10.2 Å². The van der Waals surface area contributed by atoms with E-state index in [4.69, 9.17) is 0 Å². The summed E-state index contributed by atoms with van der Waals surface area (Å²) >= 11 is 0. The first-order chi connectivity index (χ1) is 8.59. The Balaban J connectivity index is 2.13. The molecule has 5 heteroatoms. The monoisotopic (exact) mass is 254 g/mol. The Morgan fingerprint density at radius 1 is 1.39 bits per heavy atom. The molecule has 1 aromatic carbocycles. The van der Waals surface area contributed by atoms with Crippen LogP contribution in [0, 0.1) is 0 Å². The topological polar surface area (TPSA) is 32.3 Å². The summed E-state index contributed by atoms with van der Waals surface area (Å²) in [6.45, 7) is 0.785. The number of alkyl halides is 2. The van der Waals surface area contributed by atoms with Gasteiger partial charge in [-0.15, -0.1) is 0 Å². The minimum atomic E-state index is -2.95. The van der Waals surface area contributed by atoms with Crippen LogP contribution in [0.4, 0.5) is 8.78 Å². The van der Waals surface area contributed by atoms with Crippen LogP contribution in [0.3, 0.4) is 0 Å². The molecule has 1 fully saturated rings. The second-order valence-electron chi connectivity index (χ2n) is 4.54. The van der Waals surface area contributed by atoms with E-state index >= 15 is 0 Å². The van der Waals surface area contributed by atoms with Crippen molar-refractivity contribution in [2.45, 2.75) is 24.9 Å². The van der Waals surface area contributed by atoms with Crippen molar-refractivity contribution in [1.29, 1.82) is 0 Å². The lowest BCUT2D eigenvalue weighted by atomic mass is 10.0. The zero-order valence-electron chi connectivity index (χ0n) is 10.1. The highest BCUT2D eigenvalue weighted by Gasteiger charge is 2.35. The Morgan fingerprint density at radius 2 is 2.06 bits per heavy atom. The molecular weight excluding hydrogens is 238 g/mol. The normalized spacial score (nSPS) is 24.4. The highest BCUT2D eigenvalue weighted by atomic mass is 19.3. The van der Waals surface area contributed by atoms with E-state index in [-0.39, 0.29) is 12.1 Å². The number of carbonyl (C=O) groups excluding carboxylic acids is 1. The number of rotatable bonds is 3. The first-order valence-corrected chi connectivity index (χ1v) is 5.93. The van der Waals surface area contributed by atoms with Crippen molar-refractivity contribution >= 4 is 5.91 Å². The molecule has 0 spiro atoms. The van der Waals surface area contributed by atoms with Gasteiger partial charge in [-0.2, -0.15) is 8.78 Å². The molecular formula is C13H16F2N2O. The summed E-state index contributed by atoms with van der Waals surface area (Å²) in [5.74, 6) is -1.18. The minimum absolute atomic E-state index is 0.0334. The molecule has 18 heavy (non-hydrogen) atoms. The number of hydrogen-bond donors (Lipinski definition) is 1. The van der Waals surface area contributed by atoms with Gasteiger partial charge in [0.2, 0.25) is 0 Å². The number of benzene rings is 1. The average Bonchev–Trinajstić information content (AvgIpc) is 2.71. The molecule has 0 saturated carbocycles. The van der Waals surface area contributed by atoms with Crippen molar-refractivity contribution in [3.05, 3.63) is 35.9 Å². The molecule has 0 aromatic heterocycles. The Kier molecular flexibility index (Phi) is 3.91. The second-order valence-corrected chi connectivity index (χ2v) is 4.54. The van der Waals surface area contributed by atoms with Gasteiger partial charge in [-0.1, -0.05) is 30.3 Å². The van der Waals surface area contributed by atoms with E-state index in [0.29, 0.717) is 6.42 Å². The zero-order chi connectivity index (χ0) is 13.1. The number of carbonyl (C=O) groups is 1. The molecule has 1 heterocycles. The fourth-order valence-corrected chi connectivity index (χ4v) is 2.48. The molecule has 2 unspecified atom stereocenters. The van der Waals surface area contributed by atoms with Crippen molar-refractivity contribution in [3.63, 3.8) is 0 Å². The van der Waals surface area contributed by atoms with Gasteiger partial charge >= 0.3 is 6.43 Å². The SMILES string of the molecule is CN1CCC(NC(=O)C(F)F)C1c1ccccc1. The van der Waals surface area contributed by atoms with Gasteiger partial charge < -0.3 is 5.32 Å². The van der Waals surface area contributed by atoms with Crippen LogP contribution in [0.15, 0.2) is 30.3 Å². The molecule has 0 bridgehead atoms. The molecule has 1 N–H and O–H groups in total. The quantitative estimate of drug-likeness (QED) is 0.892. The van der Waals surface area contributed by atoms with Crippen LogP contribution in [-0.2, 0) is 4.79 Å². The Bertz CT molecular complexity index is 411. The largest absolute Gasteiger partial charge is 0.346 e. The highest BCUT2D eigenvalue weighted by molar-refractivity contribution is 5.79. The standard InChI is InChI=1S/C13H16F2N2O/c1-17-8-7-10(16-13(18)12(14)15)11(17)9-5-3-2-4-6-9/h2-6,10-12H,7-8H2,1H3,(H,16,18). The molecule has 2 rings (SSSR count). The van der Waals surface area contributed by atoms with Crippen LogP contribution in [0.2, 0.25) is 0 Å². The summed E-state index contributed by atoms with van der Waals surface area (Å²) in [6, 6.07) is 9.35. The third-order valence-electron chi connectivity index (χ3n) is 3.32. The molecule has 1 amide bonds. The number of likely N-dealkylation sites (N-methyl/N-ethyl adjacent to an activating group) is 1. The lowest BCUT2D eigenvalue weighted by molar-refractivity contribution is -0.132. The summed E-state index contributed by atoms with van der Waals surface area (Å²) in [6.07, 6.45) is -2.26. The first-order valence-electron chi connectivity index (χ1n) is 5.93. The maximum atomic E-state index is 12.3. The van der Waals surface area contributed by atoms with Crippen LogP contribution in [0.1, 0.15) is 18.0 Å². The number of nitrogens with one attached hydrogen (secondary N) is 1. The Morgan fingerprint density at radius 3 is 2.67 bits per heavy atom. The molecule has 1 aliphatic heterocycles. The van der Waals surface area contributed by atoms with Gasteiger partial charge in [0, 0.05) is 12.6 Å². The van der Waals surface area contributed by atoms with Crippen LogP contribution < -0.4 is 5.32 Å². The number of likely N-dealkylation sites (tertiary alicyclic amines) is 1. The van der Waals surface area contributed by atoms with Crippen LogP contribution in [0.5, 0.6) is 0 Å². The maximum Gasteiger partial charge on any atom is 0.315 e. The van der Waals surface area contributed by atoms with Crippen LogP contribution >= 0.6 is 0 Å². The van der Waals surface area contributed by atoms with Gasteiger partial charge in [0.15, 0.2) is 0 Å². The van der Waals surface area contributed by atoms with Crippen molar-refractivity contribution < 1.29 is 13.6 Å². The molecule has 98 valence electrons. The maximum absolute atomic E-state index is 12.3. The summed E-state index contributed by atoms with van der Waals surface area (Å²) in [5.41, 5.74) is 1.04. The van der Waals surface area contributed by atoms with Gasteiger partial charge in [-0.05, 0) is 19.0 Å². The van der Waals surface area contributed by atoms with Gasteiger partial charge in [-0.3, -0.25) is 9.69 Å². The van der Waals surface area contributed by atoms with E-state index in [1.165, 1.54) is 0 Å². The predicted molar refractivity (Wildman–Crippen MR) is 64.4 cm³/mol. The number of amides is 1.